The minimum absolute atomic E-state index is 0.166. The highest BCUT2D eigenvalue weighted by Crippen LogP contribution is 2.24. The quantitative estimate of drug-likeness (QED) is 0.0203. The van der Waals surface area contributed by atoms with Crippen LogP contribution in [0.1, 0.15) is 194 Å². The third-order valence-corrected chi connectivity index (χ3v) is 11.1. The van der Waals surface area contributed by atoms with Crippen LogP contribution in [0.5, 0.6) is 0 Å². The van der Waals surface area contributed by atoms with E-state index in [0.717, 1.165) is 51.4 Å². The molecule has 0 spiro atoms. The third kappa shape index (κ3) is 28.7. The highest BCUT2D eigenvalue weighted by molar-refractivity contribution is 7.85. The largest absolute Gasteiger partial charge is 0.462 e. The summed E-state index contributed by atoms with van der Waals surface area (Å²) in [4.78, 5) is 25.2. The second-order valence-electron chi connectivity index (χ2n) is 15.7. The van der Waals surface area contributed by atoms with Crippen molar-refractivity contribution in [1.82, 2.24) is 0 Å². The van der Waals surface area contributed by atoms with E-state index in [-0.39, 0.29) is 19.4 Å². The number of aliphatic hydroxyl groups excluding tert-OH is 3. The van der Waals surface area contributed by atoms with Crippen molar-refractivity contribution >= 4 is 22.1 Å². The fourth-order valence-corrected chi connectivity index (χ4v) is 7.54. The van der Waals surface area contributed by atoms with Crippen molar-refractivity contribution < 1.29 is 56.8 Å². The van der Waals surface area contributed by atoms with Gasteiger partial charge < -0.3 is 34.3 Å². The molecule has 1 rings (SSSR count). The van der Waals surface area contributed by atoms with Crippen LogP contribution in [-0.2, 0) is 38.7 Å². The van der Waals surface area contributed by atoms with E-state index in [1.54, 1.807) is 0 Å². The predicted molar refractivity (Wildman–Crippen MR) is 220 cm³/mol. The lowest BCUT2D eigenvalue weighted by molar-refractivity contribution is -0.297. The summed E-state index contributed by atoms with van der Waals surface area (Å²) >= 11 is 0. The zero-order chi connectivity index (χ0) is 41.3. The number of esters is 2. The van der Waals surface area contributed by atoms with Gasteiger partial charge in [-0.25, -0.2) is 0 Å². The van der Waals surface area contributed by atoms with Gasteiger partial charge in [0.25, 0.3) is 10.1 Å². The van der Waals surface area contributed by atoms with Crippen molar-refractivity contribution in [1.29, 1.82) is 0 Å². The smallest absolute Gasteiger partial charge is 0.306 e. The van der Waals surface area contributed by atoms with E-state index < -0.39 is 71.2 Å². The van der Waals surface area contributed by atoms with E-state index in [1.807, 2.05) is 0 Å². The summed E-state index contributed by atoms with van der Waals surface area (Å²) in [6.07, 6.45) is 25.9. The standard InChI is InChI=1S/C43H80O12S/c1-3-5-7-9-11-12-13-14-15-16-17-18-19-20-21-22-23-24-26-27-29-31-38(44)52-33-36(54-39(45)32-30-28-25-10-8-6-4-2)34-53-43-42(48)41(47)40(46)37(55-43)35-56(49,50)51/h14-15,36-37,40-43,46-48H,3-13,16-35H2,1-2H3,(H,49,50,51)/b15-14+/t36-,37+,40+,41?,42?,43-/m1/s1. The van der Waals surface area contributed by atoms with Gasteiger partial charge in [0.15, 0.2) is 12.4 Å². The summed E-state index contributed by atoms with van der Waals surface area (Å²) in [6, 6.07) is 0. The molecule has 0 aromatic heterocycles. The fourth-order valence-electron chi connectivity index (χ4n) is 6.85. The van der Waals surface area contributed by atoms with Gasteiger partial charge in [-0.15, -0.1) is 0 Å². The molecule has 0 aromatic rings. The van der Waals surface area contributed by atoms with E-state index in [4.69, 9.17) is 18.9 Å². The lowest BCUT2D eigenvalue weighted by Crippen LogP contribution is -2.60. The maximum atomic E-state index is 12.7. The fraction of sp³-hybridized carbons (Fsp3) is 0.907. The van der Waals surface area contributed by atoms with Crippen molar-refractivity contribution in [2.24, 2.45) is 0 Å². The van der Waals surface area contributed by atoms with E-state index in [9.17, 15) is 37.9 Å². The van der Waals surface area contributed by atoms with Gasteiger partial charge in [-0.1, -0.05) is 154 Å². The van der Waals surface area contributed by atoms with Gasteiger partial charge in [0, 0.05) is 12.8 Å². The van der Waals surface area contributed by atoms with Crippen LogP contribution in [0.4, 0.5) is 0 Å². The number of allylic oxidation sites excluding steroid dienone is 2. The molecule has 2 unspecified atom stereocenters. The van der Waals surface area contributed by atoms with Crippen molar-refractivity contribution in [3.63, 3.8) is 0 Å². The Morgan fingerprint density at radius 3 is 1.48 bits per heavy atom. The van der Waals surface area contributed by atoms with Crippen molar-refractivity contribution in [3.8, 4) is 0 Å². The molecule has 330 valence electrons. The van der Waals surface area contributed by atoms with E-state index in [0.29, 0.717) is 12.8 Å². The molecule has 0 radical (unpaired) electrons. The number of ether oxygens (including phenoxy) is 4. The number of carbonyl (C=O) groups excluding carboxylic acids is 2. The van der Waals surface area contributed by atoms with Gasteiger partial charge in [0.1, 0.15) is 36.8 Å². The molecule has 1 saturated heterocycles. The van der Waals surface area contributed by atoms with Gasteiger partial charge in [-0.2, -0.15) is 8.42 Å². The lowest BCUT2D eigenvalue weighted by Gasteiger charge is -2.40. The Hall–Kier alpha value is -1.61. The molecule has 1 aliphatic rings. The Labute approximate surface area is 339 Å². The molecule has 1 aliphatic heterocycles. The zero-order valence-corrected chi connectivity index (χ0v) is 35.8. The maximum absolute atomic E-state index is 12.7. The van der Waals surface area contributed by atoms with Crippen molar-refractivity contribution in [3.05, 3.63) is 12.2 Å². The molecule has 1 fully saturated rings. The average molecular weight is 821 g/mol. The SMILES string of the molecule is CCCCCCCC/C=C/CCCCCCCCCCCCCC(=O)OC[C@H](CO[C@@H]1O[C@@H](CS(=O)(=O)O)[C@H](O)C(O)C1O)OC(=O)CCCCCCCCC. The number of hydrogen-bond donors (Lipinski definition) is 4. The molecule has 0 saturated carbocycles. The molecule has 12 nitrogen and oxygen atoms in total. The predicted octanol–water partition coefficient (Wildman–Crippen LogP) is 8.67. The zero-order valence-electron chi connectivity index (χ0n) is 35.0. The first kappa shape index (κ1) is 52.4. The Morgan fingerprint density at radius 2 is 1.02 bits per heavy atom. The molecule has 0 bridgehead atoms. The number of hydrogen-bond acceptors (Lipinski definition) is 11. The van der Waals surface area contributed by atoms with Crippen LogP contribution in [0.2, 0.25) is 0 Å². The highest BCUT2D eigenvalue weighted by Gasteiger charge is 2.46. The molecule has 0 amide bonds. The number of unbranched alkanes of at least 4 members (excludes halogenated alkanes) is 23. The van der Waals surface area contributed by atoms with Crippen LogP contribution in [-0.4, -0.2) is 96.0 Å². The molecule has 0 aromatic carbocycles. The molecule has 1 heterocycles. The summed E-state index contributed by atoms with van der Waals surface area (Å²) in [7, 11) is -4.59. The van der Waals surface area contributed by atoms with Gasteiger partial charge in [0.05, 0.1) is 6.61 Å². The second-order valence-corrected chi connectivity index (χ2v) is 17.2. The normalized spacial score (nSPS) is 20.7. The Balaban J connectivity index is 2.32. The Morgan fingerprint density at radius 1 is 0.589 bits per heavy atom. The molecule has 4 N–H and O–H groups in total. The molecule has 0 aliphatic carbocycles. The number of carbonyl (C=O) groups is 2. The summed E-state index contributed by atoms with van der Waals surface area (Å²) in [5.41, 5.74) is 0. The first-order chi connectivity index (χ1) is 27.0. The van der Waals surface area contributed by atoms with Crippen LogP contribution in [0.25, 0.3) is 0 Å². The maximum Gasteiger partial charge on any atom is 0.306 e. The first-order valence-corrected chi connectivity index (χ1v) is 23.9. The molecular formula is C43H80O12S. The van der Waals surface area contributed by atoms with Crippen molar-refractivity contribution in [2.75, 3.05) is 19.0 Å². The monoisotopic (exact) mass is 821 g/mol. The van der Waals surface area contributed by atoms with Crippen LogP contribution in [0.3, 0.4) is 0 Å². The van der Waals surface area contributed by atoms with Gasteiger partial charge in [0.2, 0.25) is 0 Å². The molecular weight excluding hydrogens is 741 g/mol. The van der Waals surface area contributed by atoms with Gasteiger partial charge in [-0.3, -0.25) is 14.1 Å². The first-order valence-electron chi connectivity index (χ1n) is 22.2. The summed E-state index contributed by atoms with van der Waals surface area (Å²) < 4.78 is 53.8. The van der Waals surface area contributed by atoms with Crippen LogP contribution in [0.15, 0.2) is 12.2 Å². The van der Waals surface area contributed by atoms with Crippen LogP contribution >= 0.6 is 0 Å². The average Bonchev–Trinajstić information content (AvgIpc) is 3.16. The second kappa shape index (κ2) is 34.3. The van der Waals surface area contributed by atoms with Gasteiger partial charge in [-0.05, 0) is 38.5 Å². The van der Waals surface area contributed by atoms with Crippen molar-refractivity contribution in [2.45, 2.75) is 230 Å². The summed E-state index contributed by atoms with van der Waals surface area (Å²) in [6.45, 7) is 3.70. The molecule has 6 atom stereocenters. The molecule has 13 heteroatoms. The third-order valence-electron chi connectivity index (χ3n) is 10.3. The summed E-state index contributed by atoms with van der Waals surface area (Å²) in [5.74, 6) is -1.98. The topological polar surface area (TPSA) is 186 Å². The highest BCUT2D eigenvalue weighted by atomic mass is 32.2. The lowest BCUT2D eigenvalue weighted by atomic mass is 10.00. The summed E-state index contributed by atoms with van der Waals surface area (Å²) in [5, 5.41) is 30.7. The van der Waals surface area contributed by atoms with E-state index in [2.05, 4.69) is 26.0 Å². The van der Waals surface area contributed by atoms with Crippen LogP contribution < -0.4 is 0 Å². The minimum Gasteiger partial charge on any atom is -0.462 e. The van der Waals surface area contributed by atoms with Gasteiger partial charge >= 0.3 is 11.9 Å². The Bertz CT molecular complexity index is 1100. The minimum atomic E-state index is -4.59. The van der Waals surface area contributed by atoms with E-state index in [1.165, 1.54) is 103 Å². The number of aliphatic hydroxyl groups is 3. The Kier molecular flexibility index (Phi) is 32.1. The van der Waals surface area contributed by atoms with E-state index >= 15 is 0 Å². The molecule has 56 heavy (non-hydrogen) atoms. The van der Waals surface area contributed by atoms with Crippen LogP contribution in [0, 0.1) is 0 Å². The number of rotatable bonds is 37.